The molecule has 1 heterocycles. The molecule has 1 fully saturated rings. The molecule has 0 aromatic rings. The first-order valence-corrected chi connectivity index (χ1v) is 3.66. The van der Waals surface area contributed by atoms with E-state index in [0.717, 1.165) is 4.90 Å². The van der Waals surface area contributed by atoms with E-state index in [-0.39, 0.29) is 31.4 Å². The number of nitrogens with zero attached hydrogens (tertiary/aromatic N) is 2. The molecule has 1 saturated heterocycles. The maximum atomic E-state index is 11.1. The van der Waals surface area contributed by atoms with Gasteiger partial charge < -0.3 is 9.69 Å². The third-order valence-corrected chi connectivity index (χ3v) is 1.70. The lowest BCUT2D eigenvalue weighted by atomic mass is 10.4. The predicted octanol–water partition coefficient (Wildman–Crippen LogP) is -0.531. The fraction of sp³-hybridized carbons (Fsp3) is 0.571. The lowest BCUT2D eigenvalue weighted by Gasteiger charge is -2.11. The Morgan fingerprint density at radius 2 is 2.17 bits per heavy atom. The quantitative estimate of drug-likeness (QED) is 0.422. The Labute approximate surface area is 69.9 Å². The molecule has 0 radical (unpaired) electrons. The number of likely N-dealkylation sites (N-methyl/N-ethyl adjacent to an activating group) is 1. The Hall–Kier alpha value is -1.39. The van der Waals surface area contributed by atoms with E-state index in [9.17, 15) is 14.4 Å². The van der Waals surface area contributed by atoms with Crippen LogP contribution in [0.25, 0.3) is 0 Å². The second kappa shape index (κ2) is 3.34. The van der Waals surface area contributed by atoms with E-state index < -0.39 is 0 Å². The average molecular weight is 170 g/mol. The molecule has 0 N–H and O–H groups in total. The van der Waals surface area contributed by atoms with Crippen LogP contribution in [0.2, 0.25) is 0 Å². The van der Waals surface area contributed by atoms with Gasteiger partial charge in [-0.25, -0.2) is 4.79 Å². The van der Waals surface area contributed by atoms with Crippen LogP contribution in [0.15, 0.2) is 0 Å². The van der Waals surface area contributed by atoms with Crippen molar-refractivity contribution in [1.82, 2.24) is 9.80 Å². The molecule has 1 aliphatic heterocycles. The monoisotopic (exact) mass is 170 g/mol. The highest BCUT2D eigenvalue weighted by molar-refractivity contribution is 6.01. The zero-order chi connectivity index (χ0) is 9.14. The maximum absolute atomic E-state index is 11.1. The van der Waals surface area contributed by atoms with Crippen molar-refractivity contribution in [2.24, 2.45) is 0 Å². The molecule has 0 saturated carbocycles. The molecule has 1 aliphatic rings. The summed E-state index contributed by atoms with van der Waals surface area (Å²) in [5.41, 5.74) is 0. The van der Waals surface area contributed by atoms with Gasteiger partial charge in [0.25, 0.3) is 0 Å². The lowest BCUT2D eigenvalue weighted by molar-refractivity contribution is -0.125. The highest BCUT2D eigenvalue weighted by Gasteiger charge is 2.32. The van der Waals surface area contributed by atoms with Gasteiger partial charge in [-0.05, 0) is 0 Å². The van der Waals surface area contributed by atoms with E-state index in [0.29, 0.717) is 6.29 Å². The molecule has 0 bridgehead atoms. The van der Waals surface area contributed by atoms with Crippen LogP contribution in [0.5, 0.6) is 0 Å². The minimum atomic E-state index is -0.318. The summed E-state index contributed by atoms with van der Waals surface area (Å²) >= 11 is 0. The summed E-state index contributed by atoms with van der Waals surface area (Å²) in [4.78, 5) is 34.6. The van der Waals surface area contributed by atoms with Gasteiger partial charge >= 0.3 is 6.03 Å². The first kappa shape index (κ1) is 8.70. The summed E-state index contributed by atoms with van der Waals surface area (Å²) in [6, 6.07) is -0.318. The summed E-state index contributed by atoms with van der Waals surface area (Å²) in [5, 5.41) is 0. The smallest absolute Gasteiger partial charge is 0.318 e. The molecule has 0 aliphatic carbocycles. The number of rotatable bonds is 3. The molecule has 3 amide bonds. The molecule has 0 aromatic carbocycles. The molecular formula is C7H10N2O3. The van der Waals surface area contributed by atoms with E-state index in [1.165, 1.54) is 4.90 Å². The van der Waals surface area contributed by atoms with Gasteiger partial charge in [-0.1, -0.05) is 0 Å². The number of carbonyl (C=O) groups excluding carboxylic acids is 3. The lowest BCUT2D eigenvalue weighted by Crippen LogP contribution is -2.32. The highest BCUT2D eigenvalue weighted by atomic mass is 16.2. The summed E-state index contributed by atoms with van der Waals surface area (Å²) in [6.07, 6.45) is 0.907. The topological polar surface area (TPSA) is 57.7 Å². The number of carbonyl (C=O) groups is 3. The molecule has 0 unspecified atom stereocenters. The van der Waals surface area contributed by atoms with Gasteiger partial charge in [-0.15, -0.1) is 0 Å². The fourth-order valence-corrected chi connectivity index (χ4v) is 1.07. The Balaban J connectivity index is 2.57. The SMILES string of the molecule is CN1CC(=O)N(CCC=O)C1=O. The van der Waals surface area contributed by atoms with Crippen LogP contribution in [0.1, 0.15) is 6.42 Å². The first-order valence-electron chi connectivity index (χ1n) is 3.66. The van der Waals surface area contributed by atoms with Crippen molar-refractivity contribution in [3.63, 3.8) is 0 Å². The van der Waals surface area contributed by atoms with Crippen molar-refractivity contribution in [3.8, 4) is 0 Å². The standard InChI is InChI=1S/C7H10N2O3/c1-8-5-6(11)9(7(8)12)3-2-4-10/h4H,2-3,5H2,1H3. The van der Waals surface area contributed by atoms with Gasteiger partial charge in [0.2, 0.25) is 5.91 Å². The van der Waals surface area contributed by atoms with Gasteiger partial charge in [0.05, 0.1) is 0 Å². The number of imide groups is 1. The average Bonchev–Trinajstić information content (AvgIpc) is 2.25. The number of hydrogen-bond acceptors (Lipinski definition) is 3. The minimum Gasteiger partial charge on any atom is -0.318 e. The number of amides is 3. The van der Waals surface area contributed by atoms with Crippen LogP contribution >= 0.6 is 0 Å². The van der Waals surface area contributed by atoms with Gasteiger partial charge in [-0.3, -0.25) is 9.69 Å². The second-order valence-corrected chi connectivity index (χ2v) is 2.64. The van der Waals surface area contributed by atoms with Gasteiger partial charge in [-0.2, -0.15) is 0 Å². The van der Waals surface area contributed by atoms with Crippen LogP contribution in [0, 0.1) is 0 Å². The van der Waals surface area contributed by atoms with Crippen molar-refractivity contribution in [2.75, 3.05) is 20.1 Å². The Kier molecular flexibility index (Phi) is 2.42. The van der Waals surface area contributed by atoms with E-state index in [2.05, 4.69) is 0 Å². The van der Waals surface area contributed by atoms with Crippen molar-refractivity contribution >= 4 is 18.2 Å². The molecule has 1 rings (SSSR count). The molecule has 66 valence electrons. The minimum absolute atomic E-state index is 0.123. The third kappa shape index (κ3) is 1.44. The highest BCUT2D eigenvalue weighted by Crippen LogP contribution is 2.07. The molecule has 0 aromatic heterocycles. The Morgan fingerprint density at radius 1 is 1.50 bits per heavy atom. The van der Waals surface area contributed by atoms with Crippen molar-refractivity contribution in [1.29, 1.82) is 0 Å². The van der Waals surface area contributed by atoms with Gasteiger partial charge in [0, 0.05) is 20.0 Å². The molecular weight excluding hydrogens is 160 g/mol. The molecule has 0 atom stereocenters. The third-order valence-electron chi connectivity index (χ3n) is 1.70. The van der Waals surface area contributed by atoms with Crippen molar-refractivity contribution < 1.29 is 14.4 Å². The van der Waals surface area contributed by atoms with Gasteiger partial charge in [0.1, 0.15) is 12.8 Å². The number of hydrogen-bond donors (Lipinski definition) is 0. The molecule has 0 spiro atoms. The number of aldehydes is 1. The van der Waals surface area contributed by atoms with Crippen LogP contribution in [-0.2, 0) is 9.59 Å². The van der Waals surface area contributed by atoms with Crippen LogP contribution in [0.3, 0.4) is 0 Å². The van der Waals surface area contributed by atoms with Crippen LogP contribution < -0.4 is 0 Å². The Morgan fingerprint density at radius 3 is 2.58 bits per heavy atom. The van der Waals surface area contributed by atoms with E-state index in [1.54, 1.807) is 7.05 Å². The summed E-state index contributed by atoms with van der Waals surface area (Å²) in [6.45, 7) is 0.323. The van der Waals surface area contributed by atoms with E-state index in [4.69, 9.17) is 0 Å². The van der Waals surface area contributed by atoms with E-state index >= 15 is 0 Å². The molecule has 5 heteroatoms. The van der Waals surface area contributed by atoms with Crippen molar-refractivity contribution in [2.45, 2.75) is 6.42 Å². The predicted molar refractivity (Wildman–Crippen MR) is 40.4 cm³/mol. The first-order chi connectivity index (χ1) is 5.66. The molecule has 12 heavy (non-hydrogen) atoms. The summed E-state index contributed by atoms with van der Waals surface area (Å²) in [7, 11) is 1.56. The zero-order valence-corrected chi connectivity index (χ0v) is 6.82. The van der Waals surface area contributed by atoms with E-state index in [1.807, 2.05) is 0 Å². The van der Waals surface area contributed by atoms with Gasteiger partial charge in [0.15, 0.2) is 0 Å². The van der Waals surface area contributed by atoms with Crippen LogP contribution in [0.4, 0.5) is 4.79 Å². The maximum Gasteiger partial charge on any atom is 0.326 e. The zero-order valence-electron chi connectivity index (χ0n) is 6.82. The Bertz CT molecular complexity index is 227. The number of urea groups is 1. The van der Waals surface area contributed by atoms with Crippen LogP contribution in [-0.4, -0.2) is 48.2 Å². The van der Waals surface area contributed by atoms with Crippen molar-refractivity contribution in [3.05, 3.63) is 0 Å². The second-order valence-electron chi connectivity index (χ2n) is 2.64. The normalized spacial score (nSPS) is 17.4. The molecule has 5 nitrogen and oxygen atoms in total. The largest absolute Gasteiger partial charge is 0.326 e. The summed E-state index contributed by atoms with van der Waals surface area (Å²) < 4.78 is 0. The summed E-state index contributed by atoms with van der Waals surface area (Å²) in [5.74, 6) is -0.232. The fourth-order valence-electron chi connectivity index (χ4n) is 1.07.